The van der Waals surface area contributed by atoms with Crippen molar-refractivity contribution in [2.45, 2.75) is 30.4 Å². The summed E-state index contributed by atoms with van der Waals surface area (Å²) in [6.45, 7) is 0. The summed E-state index contributed by atoms with van der Waals surface area (Å²) in [6, 6.07) is 51.6. The van der Waals surface area contributed by atoms with E-state index in [4.69, 9.17) is 10.1 Å². The number of benzene rings is 5. The summed E-state index contributed by atoms with van der Waals surface area (Å²) in [5.41, 5.74) is 3.34. The van der Waals surface area contributed by atoms with Crippen molar-refractivity contribution < 1.29 is 5.11 Å². The Morgan fingerprint density at radius 2 is 0.951 bits per heavy atom. The van der Waals surface area contributed by atoms with Crippen molar-refractivity contribution in [3.8, 4) is 0 Å². The maximum absolute atomic E-state index is 12.3. The van der Waals surface area contributed by atoms with Crippen LogP contribution in [0.2, 0.25) is 0 Å². The highest BCUT2D eigenvalue weighted by Crippen LogP contribution is 2.41. The molecule has 0 amide bonds. The molecule has 1 heterocycles. The fraction of sp³-hybridized carbons (Fsp3) is 0.135. The highest BCUT2D eigenvalue weighted by Gasteiger charge is 2.42. The summed E-state index contributed by atoms with van der Waals surface area (Å²) in [4.78, 5) is 4.84. The van der Waals surface area contributed by atoms with Gasteiger partial charge in [0, 0.05) is 6.42 Å². The van der Waals surface area contributed by atoms with Crippen molar-refractivity contribution in [1.29, 1.82) is 0 Å². The number of hydrogen-bond acceptors (Lipinski definition) is 3. The smallest absolute Gasteiger partial charge is 0.182 e. The van der Waals surface area contributed by atoms with Gasteiger partial charge >= 0.3 is 0 Å². The standard InChI is InChI=1S/C37H33N3O/c41-36(28-31-18-8-2-9-19-31,27-26-30-16-6-1-7-17-30)35-38-29-40(39-35)37(32-20-10-3-11-21-32,33-22-12-4-13-23-33)34-24-14-5-15-25-34/h1-25,29,41H,26-28H2. The lowest BCUT2D eigenvalue weighted by Crippen LogP contribution is -2.39. The van der Waals surface area contributed by atoms with E-state index in [-0.39, 0.29) is 0 Å². The minimum Gasteiger partial charge on any atom is -0.381 e. The molecular formula is C37H33N3O. The summed E-state index contributed by atoms with van der Waals surface area (Å²) < 4.78 is 1.93. The fourth-order valence-corrected chi connectivity index (χ4v) is 5.78. The molecule has 0 saturated carbocycles. The van der Waals surface area contributed by atoms with Crippen LogP contribution >= 0.6 is 0 Å². The summed E-state index contributed by atoms with van der Waals surface area (Å²) in [7, 11) is 0. The first kappa shape index (κ1) is 26.4. The highest BCUT2D eigenvalue weighted by molar-refractivity contribution is 5.50. The fourth-order valence-electron chi connectivity index (χ4n) is 5.78. The van der Waals surface area contributed by atoms with Gasteiger partial charge in [-0.15, -0.1) is 0 Å². The van der Waals surface area contributed by atoms with Gasteiger partial charge in [-0.05, 0) is 40.7 Å². The predicted molar refractivity (Wildman–Crippen MR) is 163 cm³/mol. The molecule has 41 heavy (non-hydrogen) atoms. The Labute approximate surface area is 241 Å². The molecule has 1 aromatic heterocycles. The highest BCUT2D eigenvalue weighted by atomic mass is 16.3. The van der Waals surface area contributed by atoms with Crippen molar-refractivity contribution in [3.05, 3.63) is 192 Å². The largest absolute Gasteiger partial charge is 0.381 e. The van der Waals surface area contributed by atoms with E-state index < -0.39 is 11.1 Å². The average Bonchev–Trinajstić information content (AvgIpc) is 3.55. The van der Waals surface area contributed by atoms with Crippen LogP contribution in [0.1, 0.15) is 40.1 Å². The number of hydrogen-bond donors (Lipinski definition) is 1. The van der Waals surface area contributed by atoms with E-state index in [1.807, 2.05) is 71.4 Å². The van der Waals surface area contributed by atoms with Crippen LogP contribution in [-0.4, -0.2) is 19.9 Å². The average molecular weight is 536 g/mol. The zero-order valence-electron chi connectivity index (χ0n) is 22.9. The van der Waals surface area contributed by atoms with Crippen molar-refractivity contribution >= 4 is 0 Å². The molecule has 5 aromatic carbocycles. The van der Waals surface area contributed by atoms with E-state index in [2.05, 4.69) is 84.9 Å². The number of aliphatic hydroxyl groups is 1. The molecule has 1 unspecified atom stereocenters. The molecule has 6 rings (SSSR count). The number of aryl methyl sites for hydroxylation is 1. The van der Waals surface area contributed by atoms with Crippen LogP contribution in [0.15, 0.2) is 158 Å². The first-order valence-corrected chi connectivity index (χ1v) is 14.1. The monoisotopic (exact) mass is 535 g/mol. The SMILES string of the molecule is OC(CCc1ccccc1)(Cc1ccccc1)c1ncn(C(c2ccccc2)(c2ccccc2)c2ccccc2)n1. The first-order chi connectivity index (χ1) is 20.2. The zero-order valence-corrected chi connectivity index (χ0v) is 22.9. The van der Waals surface area contributed by atoms with E-state index in [9.17, 15) is 5.11 Å². The van der Waals surface area contributed by atoms with Crippen molar-refractivity contribution in [1.82, 2.24) is 14.8 Å². The van der Waals surface area contributed by atoms with Gasteiger partial charge in [-0.3, -0.25) is 0 Å². The second-order valence-electron chi connectivity index (χ2n) is 10.5. The van der Waals surface area contributed by atoms with Gasteiger partial charge in [0.1, 0.15) is 17.5 Å². The Bertz CT molecular complexity index is 1560. The maximum atomic E-state index is 12.3. The lowest BCUT2D eigenvalue weighted by atomic mass is 9.77. The number of nitrogens with zero attached hydrogens (tertiary/aromatic N) is 3. The molecule has 202 valence electrons. The molecular weight excluding hydrogens is 502 g/mol. The topological polar surface area (TPSA) is 50.9 Å². The van der Waals surface area contributed by atoms with Crippen LogP contribution in [-0.2, 0) is 24.0 Å². The minimum atomic E-state index is -1.27. The van der Waals surface area contributed by atoms with E-state index in [0.29, 0.717) is 25.1 Å². The molecule has 0 spiro atoms. The Morgan fingerprint density at radius 1 is 0.537 bits per heavy atom. The normalized spacial score (nSPS) is 13.0. The second kappa shape index (κ2) is 11.7. The van der Waals surface area contributed by atoms with Crippen LogP contribution in [0.3, 0.4) is 0 Å². The van der Waals surface area contributed by atoms with Crippen LogP contribution < -0.4 is 0 Å². The number of rotatable bonds is 10. The van der Waals surface area contributed by atoms with E-state index in [0.717, 1.165) is 22.3 Å². The third kappa shape index (κ3) is 5.34. The van der Waals surface area contributed by atoms with Crippen LogP contribution in [0.5, 0.6) is 0 Å². The molecule has 1 N–H and O–H groups in total. The molecule has 1 atom stereocenters. The Hall–Kier alpha value is -4.80. The van der Waals surface area contributed by atoms with E-state index in [1.165, 1.54) is 5.56 Å². The molecule has 0 fully saturated rings. The van der Waals surface area contributed by atoms with Crippen LogP contribution in [0, 0.1) is 0 Å². The van der Waals surface area contributed by atoms with Crippen molar-refractivity contribution in [3.63, 3.8) is 0 Å². The molecule has 0 saturated heterocycles. The van der Waals surface area contributed by atoms with Crippen molar-refractivity contribution in [2.24, 2.45) is 0 Å². The summed E-state index contributed by atoms with van der Waals surface area (Å²) in [6.07, 6.45) is 3.39. The molecule has 4 heteroatoms. The third-order valence-electron chi connectivity index (χ3n) is 7.84. The van der Waals surface area contributed by atoms with Crippen LogP contribution in [0.25, 0.3) is 0 Å². The van der Waals surface area contributed by atoms with Gasteiger partial charge in [0.2, 0.25) is 0 Å². The second-order valence-corrected chi connectivity index (χ2v) is 10.5. The van der Waals surface area contributed by atoms with Gasteiger partial charge in [0.05, 0.1) is 0 Å². The quantitative estimate of drug-likeness (QED) is 0.189. The van der Waals surface area contributed by atoms with Crippen LogP contribution in [0.4, 0.5) is 0 Å². The van der Waals surface area contributed by atoms with Gasteiger partial charge in [0.25, 0.3) is 0 Å². The summed E-state index contributed by atoms with van der Waals surface area (Å²) >= 11 is 0. The molecule has 6 aromatic rings. The van der Waals surface area contributed by atoms with E-state index >= 15 is 0 Å². The molecule has 4 nitrogen and oxygen atoms in total. The first-order valence-electron chi connectivity index (χ1n) is 14.1. The van der Waals surface area contributed by atoms with Gasteiger partial charge < -0.3 is 5.11 Å². The zero-order chi connectivity index (χ0) is 28.0. The summed E-state index contributed by atoms with van der Waals surface area (Å²) in [5, 5.41) is 17.5. The minimum absolute atomic E-state index is 0.416. The van der Waals surface area contributed by atoms with Crippen molar-refractivity contribution in [2.75, 3.05) is 0 Å². The lowest BCUT2D eigenvalue weighted by Gasteiger charge is -2.36. The Kier molecular flexibility index (Phi) is 7.57. The lowest BCUT2D eigenvalue weighted by molar-refractivity contribution is 0.0185. The maximum Gasteiger partial charge on any atom is 0.182 e. The third-order valence-corrected chi connectivity index (χ3v) is 7.84. The molecule has 0 bridgehead atoms. The molecule has 0 radical (unpaired) electrons. The Morgan fingerprint density at radius 3 is 1.41 bits per heavy atom. The van der Waals surface area contributed by atoms with E-state index in [1.54, 1.807) is 6.33 Å². The van der Waals surface area contributed by atoms with Gasteiger partial charge in [-0.25, -0.2) is 9.67 Å². The van der Waals surface area contributed by atoms with Gasteiger partial charge in [0.15, 0.2) is 5.82 Å². The number of aromatic nitrogens is 3. The van der Waals surface area contributed by atoms with Gasteiger partial charge in [-0.1, -0.05) is 152 Å². The molecule has 0 aliphatic carbocycles. The predicted octanol–water partition coefficient (Wildman–Crippen LogP) is 7.18. The Balaban J connectivity index is 1.51. The summed E-state index contributed by atoms with van der Waals surface area (Å²) in [5.74, 6) is 0.421. The molecule has 0 aliphatic heterocycles. The molecule has 0 aliphatic rings. The van der Waals surface area contributed by atoms with Gasteiger partial charge in [-0.2, -0.15) is 5.10 Å².